The van der Waals surface area contributed by atoms with Crippen LogP contribution in [0.3, 0.4) is 0 Å². The van der Waals surface area contributed by atoms with Crippen molar-refractivity contribution in [2.45, 2.75) is 44.6 Å². The van der Waals surface area contributed by atoms with E-state index in [-0.39, 0.29) is 29.7 Å². The number of carbonyl (C=O) groups is 3. The van der Waals surface area contributed by atoms with Crippen LogP contribution in [0.2, 0.25) is 0 Å². The second-order valence-corrected chi connectivity index (χ2v) is 9.90. The molecule has 3 aliphatic rings. The molecule has 2 aromatic rings. The summed E-state index contributed by atoms with van der Waals surface area (Å²) < 4.78 is 0. The SMILES string of the molecule is O=C(N[C@@H](CCN1CCC2(CC1)CCN(C(=O)c1ccncc1)C2=O)c1ccccc1)C1CC1. The first-order valence-corrected chi connectivity index (χ1v) is 12.4. The fourth-order valence-corrected chi connectivity index (χ4v) is 5.29. The number of likely N-dealkylation sites (tertiary alicyclic amines) is 2. The molecule has 1 aliphatic carbocycles. The molecule has 1 aromatic carbocycles. The molecule has 0 bridgehead atoms. The van der Waals surface area contributed by atoms with Gasteiger partial charge in [0.1, 0.15) is 0 Å². The highest BCUT2D eigenvalue weighted by atomic mass is 16.2. The van der Waals surface area contributed by atoms with Crippen LogP contribution in [0.1, 0.15) is 60.5 Å². The molecule has 2 aliphatic heterocycles. The maximum absolute atomic E-state index is 13.3. The number of benzene rings is 1. The number of nitrogens with zero attached hydrogens (tertiary/aromatic N) is 3. The standard InChI is InChI=1S/C27H32N4O3/c32-24(21-6-7-21)29-23(20-4-2-1-3-5-20)10-16-30-17-11-27(12-18-30)13-19-31(26(27)34)25(33)22-8-14-28-15-9-22/h1-5,8-9,14-15,21,23H,6-7,10-13,16-19H2,(H,29,32)/t23-/m0/s1. The van der Waals surface area contributed by atoms with Crippen molar-refractivity contribution in [3.63, 3.8) is 0 Å². The molecular weight excluding hydrogens is 428 g/mol. The lowest BCUT2D eigenvalue weighted by Gasteiger charge is -2.38. The summed E-state index contributed by atoms with van der Waals surface area (Å²) >= 11 is 0. The number of nitrogens with one attached hydrogen (secondary N) is 1. The predicted molar refractivity (Wildman–Crippen MR) is 128 cm³/mol. The van der Waals surface area contributed by atoms with E-state index in [2.05, 4.69) is 27.3 Å². The fraction of sp³-hybridized carbons (Fsp3) is 0.481. The summed E-state index contributed by atoms with van der Waals surface area (Å²) in [6.45, 7) is 3.03. The van der Waals surface area contributed by atoms with Gasteiger partial charge in [-0.05, 0) is 69.3 Å². The Morgan fingerprint density at radius 3 is 2.35 bits per heavy atom. The molecule has 1 N–H and O–H groups in total. The van der Waals surface area contributed by atoms with E-state index in [9.17, 15) is 14.4 Å². The molecule has 1 saturated carbocycles. The van der Waals surface area contributed by atoms with Gasteiger partial charge in [-0.15, -0.1) is 0 Å². The molecule has 3 fully saturated rings. The molecule has 1 atom stereocenters. The average molecular weight is 461 g/mol. The first-order chi connectivity index (χ1) is 16.6. The molecule has 3 heterocycles. The minimum atomic E-state index is -0.418. The minimum Gasteiger partial charge on any atom is -0.349 e. The molecule has 34 heavy (non-hydrogen) atoms. The number of carbonyl (C=O) groups excluding carboxylic acids is 3. The van der Waals surface area contributed by atoms with E-state index < -0.39 is 5.41 Å². The lowest BCUT2D eigenvalue weighted by Crippen LogP contribution is -2.46. The maximum atomic E-state index is 13.3. The molecule has 2 saturated heterocycles. The Balaban J connectivity index is 1.17. The molecule has 7 heteroatoms. The molecule has 7 nitrogen and oxygen atoms in total. The predicted octanol–water partition coefficient (Wildman–Crippen LogP) is 3.19. The Labute approximate surface area is 200 Å². The monoisotopic (exact) mass is 460 g/mol. The van der Waals surface area contributed by atoms with Crippen LogP contribution in [0.15, 0.2) is 54.9 Å². The van der Waals surface area contributed by atoms with E-state index in [0.717, 1.165) is 63.7 Å². The number of imide groups is 1. The van der Waals surface area contributed by atoms with Gasteiger partial charge in [-0.1, -0.05) is 30.3 Å². The molecule has 1 aromatic heterocycles. The Morgan fingerprint density at radius 1 is 1.00 bits per heavy atom. The van der Waals surface area contributed by atoms with Crippen LogP contribution in [-0.4, -0.2) is 58.7 Å². The van der Waals surface area contributed by atoms with Crippen molar-refractivity contribution in [3.05, 3.63) is 66.0 Å². The van der Waals surface area contributed by atoms with Crippen molar-refractivity contribution in [1.82, 2.24) is 20.1 Å². The normalized spacial score (nSPS) is 20.9. The van der Waals surface area contributed by atoms with Gasteiger partial charge in [-0.2, -0.15) is 0 Å². The van der Waals surface area contributed by atoms with Crippen molar-refractivity contribution in [3.8, 4) is 0 Å². The van der Waals surface area contributed by atoms with Crippen LogP contribution in [0.5, 0.6) is 0 Å². The van der Waals surface area contributed by atoms with Crippen LogP contribution in [-0.2, 0) is 9.59 Å². The summed E-state index contributed by atoms with van der Waals surface area (Å²) in [5.74, 6) is 0.117. The molecule has 1 spiro atoms. The first-order valence-electron chi connectivity index (χ1n) is 12.4. The van der Waals surface area contributed by atoms with Crippen LogP contribution in [0.4, 0.5) is 0 Å². The van der Waals surface area contributed by atoms with Crippen molar-refractivity contribution in [1.29, 1.82) is 0 Å². The number of rotatable bonds is 7. The summed E-state index contributed by atoms with van der Waals surface area (Å²) in [6.07, 6.45) is 8.28. The van der Waals surface area contributed by atoms with E-state index in [0.29, 0.717) is 12.1 Å². The van der Waals surface area contributed by atoms with E-state index in [1.165, 1.54) is 4.90 Å². The Kier molecular flexibility index (Phi) is 6.46. The van der Waals surface area contributed by atoms with Crippen molar-refractivity contribution in [2.75, 3.05) is 26.2 Å². The van der Waals surface area contributed by atoms with Gasteiger partial charge in [0.25, 0.3) is 5.91 Å². The van der Waals surface area contributed by atoms with E-state index in [1.54, 1.807) is 24.5 Å². The topological polar surface area (TPSA) is 82.6 Å². The molecule has 5 rings (SSSR count). The van der Waals surface area contributed by atoms with Gasteiger partial charge >= 0.3 is 0 Å². The summed E-state index contributed by atoms with van der Waals surface area (Å²) in [5, 5.41) is 3.26. The van der Waals surface area contributed by atoms with Gasteiger partial charge in [0, 0.05) is 37.0 Å². The fourth-order valence-electron chi connectivity index (χ4n) is 5.29. The van der Waals surface area contributed by atoms with Crippen LogP contribution in [0.25, 0.3) is 0 Å². The Bertz CT molecular complexity index is 1030. The zero-order valence-corrected chi connectivity index (χ0v) is 19.5. The third-order valence-electron chi connectivity index (χ3n) is 7.70. The molecule has 0 radical (unpaired) electrons. The highest BCUT2D eigenvalue weighted by Crippen LogP contribution is 2.42. The number of amides is 3. The van der Waals surface area contributed by atoms with Crippen LogP contribution < -0.4 is 5.32 Å². The number of hydrogen-bond acceptors (Lipinski definition) is 5. The largest absolute Gasteiger partial charge is 0.349 e. The van der Waals surface area contributed by atoms with Gasteiger partial charge in [0.15, 0.2) is 0 Å². The Morgan fingerprint density at radius 2 is 1.68 bits per heavy atom. The number of piperidine rings is 1. The third kappa shape index (κ3) is 4.75. The average Bonchev–Trinajstić information content (AvgIpc) is 3.69. The molecule has 3 amide bonds. The second kappa shape index (κ2) is 9.66. The number of hydrogen-bond donors (Lipinski definition) is 1. The van der Waals surface area contributed by atoms with Gasteiger partial charge in [-0.3, -0.25) is 24.3 Å². The highest BCUT2D eigenvalue weighted by molar-refractivity contribution is 6.07. The van der Waals surface area contributed by atoms with Crippen LogP contribution in [0, 0.1) is 11.3 Å². The van der Waals surface area contributed by atoms with E-state index in [1.807, 2.05) is 18.2 Å². The second-order valence-electron chi connectivity index (χ2n) is 9.90. The molecular formula is C27H32N4O3. The van der Waals surface area contributed by atoms with Gasteiger partial charge in [0.2, 0.25) is 11.8 Å². The maximum Gasteiger partial charge on any atom is 0.260 e. The first kappa shape index (κ1) is 22.7. The summed E-state index contributed by atoms with van der Waals surface area (Å²) in [6, 6.07) is 13.5. The third-order valence-corrected chi connectivity index (χ3v) is 7.70. The van der Waals surface area contributed by atoms with Crippen molar-refractivity contribution < 1.29 is 14.4 Å². The quantitative estimate of drug-likeness (QED) is 0.642. The summed E-state index contributed by atoms with van der Waals surface area (Å²) in [5.41, 5.74) is 1.23. The smallest absolute Gasteiger partial charge is 0.260 e. The molecule has 178 valence electrons. The lowest BCUT2D eigenvalue weighted by atomic mass is 9.77. The van der Waals surface area contributed by atoms with Crippen LogP contribution >= 0.6 is 0 Å². The summed E-state index contributed by atoms with van der Waals surface area (Å²) in [4.78, 5) is 46.3. The Hall–Kier alpha value is -3.06. The van der Waals surface area contributed by atoms with Crippen molar-refractivity contribution in [2.24, 2.45) is 11.3 Å². The van der Waals surface area contributed by atoms with Gasteiger partial charge < -0.3 is 10.2 Å². The zero-order chi connectivity index (χ0) is 23.5. The summed E-state index contributed by atoms with van der Waals surface area (Å²) in [7, 11) is 0. The lowest BCUT2D eigenvalue weighted by molar-refractivity contribution is -0.136. The highest BCUT2D eigenvalue weighted by Gasteiger charge is 2.50. The minimum absolute atomic E-state index is 0.00627. The van der Waals surface area contributed by atoms with Gasteiger partial charge in [0.05, 0.1) is 11.5 Å². The molecule has 0 unspecified atom stereocenters. The zero-order valence-electron chi connectivity index (χ0n) is 19.5. The van der Waals surface area contributed by atoms with Gasteiger partial charge in [-0.25, -0.2) is 0 Å². The van der Waals surface area contributed by atoms with E-state index in [4.69, 9.17) is 0 Å². The van der Waals surface area contributed by atoms with Crippen molar-refractivity contribution >= 4 is 17.7 Å². The number of aromatic nitrogens is 1. The van der Waals surface area contributed by atoms with E-state index >= 15 is 0 Å². The number of pyridine rings is 1.